The second-order valence-corrected chi connectivity index (χ2v) is 4.53. The summed E-state index contributed by atoms with van der Waals surface area (Å²) in [4.78, 5) is 0. The molecule has 1 aliphatic rings. The normalized spacial score (nSPS) is 22.6. The average molecular weight is 202 g/mol. The van der Waals surface area contributed by atoms with Crippen molar-refractivity contribution < 1.29 is 4.74 Å². The summed E-state index contributed by atoms with van der Waals surface area (Å²) in [5, 5.41) is 0. The highest BCUT2D eigenvalue weighted by molar-refractivity contribution is 7.80. The lowest BCUT2D eigenvalue weighted by Gasteiger charge is -2.30. The van der Waals surface area contributed by atoms with Gasteiger partial charge in [-0.1, -0.05) is 25.7 Å². The van der Waals surface area contributed by atoms with Crippen LogP contribution in [0.15, 0.2) is 0 Å². The second kappa shape index (κ2) is 5.92. The van der Waals surface area contributed by atoms with Crippen LogP contribution in [0.25, 0.3) is 0 Å². The van der Waals surface area contributed by atoms with Gasteiger partial charge in [-0.25, -0.2) is 0 Å². The molecule has 0 aromatic heterocycles. The Hall–Kier alpha value is 0.310. The smallest absolute Gasteiger partial charge is 0.0530 e. The Morgan fingerprint density at radius 3 is 2.23 bits per heavy atom. The van der Waals surface area contributed by atoms with E-state index >= 15 is 0 Å². The van der Waals surface area contributed by atoms with Crippen molar-refractivity contribution in [3.05, 3.63) is 0 Å². The topological polar surface area (TPSA) is 9.23 Å². The summed E-state index contributed by atoms with van der Waals surface area (Å²) in [5.74, 6) is 0.993. The van der Waals surface area contributed by atoms with Gasteiger partial charge in [0.1, 0.15) is 0 Å². The zero-order valence-electron chi connectivity index (χ0n) is 8.72. The molecule has 13 heavy (non-hydrogen) atoms. The SMILES string of the molecule is CCOCC1(CS)CCCCCC1. The van der Waals surface area contributed by atoms with E-state index in [2.05, 4.69) is 19.6 Å². The van der Waals surface area contributed by atoms with E-state index < -0.39 is 0 Å². The van der Waals surface area contributed by atoms with Crippen molar-refractivity contribution in [3.63, 3.8) is 0 Å². The molecule has 0 aliphatic heterocycles. The van der Waals surface area contributed by atoms with Gasteiger partial charge in [-0.15, -0.1) is 0 Å². The minimum absolute atomic E-state index is 0.398. The van der Waals surface area contributed by atoms with Crippen molar-refractivity contribution >= 4 is 12.6 Å². The number of hydrogen-bond donors (Lipinski definition) is 1. The monoisotopic (exact) mass is 202 g/mol. The maximum absolute atomic E-state index is 5.57. The molecule has 1 nitrogen and oxygen atoms in total. The molecule has 0 unspecified atom stereocenters. The van der Waals surface area contributed by atoms with Crippen LogP contribution >= 0.6 is 12.6 Å². The molecule has 0 heterocycles. The van der Waals surface area contributed by atoms with Crippen molar-refractivity contribution in [1.29, 1.82) is 0 Å². The molecule has 0 N–H and O–H groups in total. The molecule has 0 amide bonds. The summed E-state index contributed by atoms with van der Waals surface area (Å²) >= 11 is 4.49. The van der Waals surface area contributed by atoms with E-state index in [4.69, 9.17) is 4.74 Å². The van der Waals surface area contributed by atoms with Crippen molar-refractivity contribution in [2.24, 2.45) is 5.41 Å². The first kappa shape index (κ1) is 11.4. The van der Waals surface area contributed by atoms with E-state index in [1.165, 1.54) is 38.5 Å². The van der Waals surface area contributed by atoms with Gasteiger partial charge in [-0.3, -0.25) is 0 Å². The molecule has 2 heteroatoms. The Morgan fingerprint density at radius 2 is 1.77 bits per heavy atom. The van der Waals surface area contributed by atoms with Crippen LogP contribution in [0.5, 0.6) is 0 Å². The predicted octanol–water partition coefficient (Wildman–Crippen LogP) is 3.29. The number of hydrogen-bond acceptors (Lipinski definition) is 2. The maximum Gasteiger partial charge on any atom is 0.0530 e. The van der Waals surface area contributed by atoms with Gasteiger partial charge in [0.2, 0.25) is 0 Å². The molecule has 0 saturated heterocycles. The van der Waals surface area contributed by atoms with Gasteiger partial charge >= 0.3 is 0 Å². The minimum atomic E-state index is 0.398. The van der Waals surface area contributed by atoms with E-state index in [1.54, 1.807) is 0 Å². The Balaban J connectivity index is 2.43. The zero-order valence-corrected chi connectivity index (χ0v) is 9.61. The summed E-state index contributed by atoms with van der Waals surface area (Å²) in [6, 6.07) is 0. The first-order chi connectivity index (χ1) is 6.33. The maximum atomic E-state index is 5.57. The summed E-state index contributed by atoms with van der Waals surface area (Å²) in [6.45, 7) is 3.84. The first-order valence-electron chi connectivity index (χ1n) is 5.51. The number of ether oxygens (including phenoxy) is 1. The van der Waals surface area contributed by atoms with Crippen molar-refractivity contribution in [1.82, 2.24) is 0 Å². The lowest BCUT2D eigenvalue weighted by atomic mass is 9.83. The number of thiol groups is 1. The fraction of sp³-hybridized carbons (Fsp3) is 1.00. The predicted molar refractivity (Wildman–Crippen MR) is 60.5 cm³/mol. The van der Waals surface area contributed by atoms with Gasteiger partial charge in [0.05, 0.1) is 6.61 Å². The van der Waals surface area contributed by atoms with Gasteiger partial charge in [-0.2, -0.15) is 12.6 Å². The van der Waals surface area contributed by atoms with Crippen LogP contribution in [0.4, 0.5) is 0 Å². The third-order valence-corrected chi connectivity index (χ3v) is 3.78. The van der Waals surface area contributed by atoms with Crippen LogP contribution in [0.3, 0.4) is 0 Å². The van der Waals surface area contributed by atoms with Crippen LogP contribution < -0.4 is 0 Å². The molecule has 0 aromatic rings. The summed E-state index contributed by atoms with van der Waals surface area (Å²) < 4.78 is 5.57. The van der Waals surface area contributed by atoms with Gasteiger partial charge < -0.3 is 4.74 Å². The van der Waals surface area contributed by atoms with E-state index in [0.717, 1.165) is 19.0 Å². The first-order valence-corrected chi connectivity index (χ1v) is 6.15. The standard InChI is InChI=1S/C11H22OS/c1-2-12-9-11(10-13)7-5-3-4-6-8-11/h13H,2-10H2,1H3. The average Bonchev–Trinajstić information content (AvgIpc) is 2.41. The van der Waals surface area contributed by atoms with Crippen LogP contribution in [0.2, 0.25) is 0 Å². The Morgan fingerprint density at radius 1 is 1.15 bits per heavy atom. The zero-order chi connectivity index (χ0) is 9.57. The van der Waals surface area contributed by atoms with Crippen LogP contribution in [-0.4, -0.2) is 19.0 Å². The second-order valence-electron chi connectivity index (χ2n) is 4.21. The van der Waals surface area contributed by atoms with Crippen molar-refractivity contribution in [2.45, 2.75) is 45.4 Å². The molecule has 78 valence electrons. The quantitative estimate of drug-likeness (QED) is 0.543. The van der Waals surface area contributed by atoms with Gasteiger partial charge in [0, 0.05) is 12.0 Å². The minimum Gasteiger partial charge on any atom is -0.381 e. The van der Waals surface area contributed by atoms with Gasteiger partial charge in [0.15, 0.2) is 0 Å². The van der Waals surface area contributed by atoms with Crippen LogP contribution in [0, 0.1) is 5.41 Å². The Kier molecular flexibility index (Phi) is 5.18. The van der Waals surface area contributed by atoms with Gasteiger partial charge in [0.25, 0.3) is 0 Å². The van der Waals surface area contributed by atoms with E-state index in [1.807, 2.05) is 0 Å². The third kappa shape index (κ3) is 3.51. The molecule has 0 aromatic carbocycles. The largest absolute Gasteiger partial charge is 0.381 e. The van der Waals surface area contributed by atoms with Crippen molar-refractivity contribution in [3.8, 4) is 0 Å². The Labute approximate surface area is 87.7 Å². The Bertz CT molecular complexity index is 128. The highest BCUT2D eigenvalue weighted by Gasteiger charge is 2.29. The van der Waals surface area contributed by atoms with Crippen molar-refractivity contribution in [2.75, 3.05) is 19.0 Å². The van der Waals surface area contributed by atoms with E-state index in [9.17, 15) is 0 Å². The summed E-state index contributed by atoms with van der Waals surface area (Å²) in [7, 11) is 0. The highest BCUT2D eigenvalue weighted by atomic mass is 32.1. The highest BCUT2D eigenvalue weighted by Crippen LogP contribution is 2.36. The van der Waals surface area contributed by atoms with Crippen LogP contribution in [-0.2, 0) is 4.74 Å². The lowest BCUT2D eigenvalue weighted by molar-refractivity contribution is 0.0547. The molecule has 1 rings (SSSR count). The molecular formula is C11H22OS. The summed E-state index contributed by atoms with van der Waals surface area (Å²) in [6.07, 6.45) is 8.18. The summed E-state index contributed by atoms with van der Waals surface area (Å²) in [5.41, 5.74) is 0.398. The molecule has 0 radical (unpaired) electrons. The van der Waals surface area contributed by atoms with E-state index in [0.29, 0.717) is 5.41 Å². The fourth-order valence-electron chi connectivity index (χ4n) is 2.15. The number of rotatable bonds is 4. The molecule has 0 bridgehead atoms. The molecule has 0 atom stereocenters. The molecule has 1 fully saturated rings. The molecule has 1 saturated carbocycles. The van der Waals surface area contributed by atoms with E-state index in [-0.39, 0.29) is 0 Å². The molecule has 0 spiro atoms. The third-order valence-electron chi connectivity index (χ3n) is 3.11. The van der Waals surface area contributed by atoms with Gasteiger partial charge in [-0.05, 0) is 25.5 Å². The lowest BCUT2D eigenvalue weighted by Crippen LogP contribution is -2.28. The fourth-order valence-corrected chi connectivity index (χ4v) is 2.55. The van der Waals surface area contributed by atoms with Crippen LogP contribution in [0.1, 0.15) is 45.4 Å². The molecular weight excluding hydrogens is 180 g/mol. The molecule has 1 aliphatic carbocycles.